The van der Waals surface area contributed by atoms with Gasteiger partial charge in [0.15, 0.2) is 0 Å². The minimum Gasteiger partial charge on any atom is -0.383 e. The number of benzene rings is 1. The van der Waals surface area contributed by atoms with Crippen LogP contribution in [0.2, 0.25) is 5.02 Å². The van der Waals surface area contributed by atoms with Gasteiger partial charge >= 0.3 is 0 Å². The van der Waals surface area contributed by atoms with Crippen molar-refractivity contribution in [2.24, 2.45) is 0 Å². The Balaban J connectivity index is 1.96. The Hall–Kier alpha value is -1.48. The molecule has 0 bridgehead atoms. The van der Waals surface area contributed by atoms with Crippen molar-refractivity contribution < 1.29 is 0 Å². The van der Waals surface area contributed by atoms with Crippen molar-refractivity contribution in [1.29, 1.82) is 0 Å². The van der Waals surface area contributed by atoms with E-state index in [4.69, 9.17) is 11.6 Å². The van der Waals surface area contributed by atoms with Gasteiger partial charge < -0.3 is 5.32 Å². The van der Waals surface area contributed by atoms with Gasteiger partial charge in [0.2, 0.25) is 0 Å². The molecule has 0 radical (unpaired) electrons. The van der Waals surface area contributed by atoms with Crippen LogP contribution in [0, 0.1) is 13.8 Å². The van der Waals surface area contributed by atoms with Gasteiger partial charge in [0.25, 0.3) is 0 Å². The van der Waals surface area contributed by atoms with Gasteiger partial charge in [0.05, 0.1) is 12.2 Å². The van der Waals surface area contributed by atoms with Crippen LogP contribution >= 0.6 is 11.6 Å². The van der Waals surface area contributed by atoms with Crippen molar-refractivity contribution >= 4 is 17.3 Å². The molecule has 0 spiro atoms. The highest BCUT2D eigenvalue weighted by Crippen LogP contribution is 2.15. The van der Waals surface area contributed by atoms with E-state index in [-0.39, 0.29) is 0 Å². The second-order valence-electron chi connectivity index (χ2n) is 4.66. The molecule has 0 atom stereocenters. The summed E-state index contributed by atoms with van der Waals surface area (Å²) in [5.41, 5.74) is 4.82. The van der Waals surface area contributed by atoms with Crippen LogP contribution < -0.4 is 5.32 Å². The van der Waals surface area contributed by atoms with Gasteiger partial charge in [-0.1, -0.05) is 24.6 Å². The summed E-state index contributed by atoms with van der Waals surface area (Å²) in [5.74, 6) is 0. The molecular formula is C15H20ClN3. The molecule has 0 fully saturated rings. The number of nitrogens with zero attached hydrogens (tertiary/aromatic N) is 2. The third kappa shape index (κ3) is 3.29. The lowest BCUT2D eigenvalue weighted by Crippen LogP contribution is -2.13. The lowest BCUT2D eigenvalue weighted by atomic mass is 10.1. The number of halogens is 1. The molecule has 0 aliphatic heterocycles. The second kappa shape index (κ2) is 6.11. The van der Waals surface area contributed by atoms with Crippen molar-refractivity contribution in [1.82, 2.24) is 9.78 Å². The predicted octanol–water partition coefficient (Wildman–Crippen LogP) is 3.83. The largest absolute Gasteiger partial charge is 0.383 e. The van der Waals surface area contributed by atoms with Crippen molar-refractivity contribution in [3.8, 4) is 0 Å². The van der Waals surface area contributed by atoms with Crippen LogP contribution in [-0.2, 0) is 13.0 Å². The zero-order chi connectivity index (χ0) is 13.8. The number of hydrogen-bond donors (Lipinski definition) is 1. The molecule has 102 valence electrons. The molecule has 4 heteroatoms. The summed E-state index contributed by atoms with van der Waals surface area (Å²) in [5, 5.41) is 8.70. The SMILES string of the molecule is CCc1c(C)nn(CCNc2cccc(Cl)c2)c1C. The standard InChI is InChI=1S/C15H20ClN3/c1-4-15-11(2)18-19(12(15)3)9-8-17-14-7-5-6-13(16)10-14/h5-7,10,17H,4,8-9H2,1-3H3. The maximum atomic E-state index is 5.95. The van der Waals surface area contributed by atoms with E-state index < -0.39 is 0 Å². The number of hydrogen-bond acceptors (Lipinski definition) is 2. The van der Waals surface area contributed by atoms with Crippen LogP contribution in [0.5, 0.6) is 0 Å². The van der Waals surface area contributed by atoms with Crippen LogP contribution in [0.3, 0.4) is 0 Å². The quantitative estimate of drug-likeness (QED) is 0.900. The zero-order valence-corrected chi connectivity index (χ0v) is 12.5. The van der Waals surface area contributed by atoms with E-state index in [0.29, 0.717) is 0 Å². The molecule has 1 aromatic heterocycles. The van der Waals surface area contributed by atoms with Crippen LogP contribution in [0.15, 0.2) is 24.3 Å². The van der Waals surface area contributed by atoms with Gasteiger partial charge in [0.1, 0.15) is 0 Å². The van der Waals surface area contributed by atoms with Gasteiger partial charge in [-0.15, -0.1) is 0 Å². The van der Waals surface area contributed by atoms with E-state index >= 15 is 0 Å². The van der Waals surface area contributed by atoms with Crippen LogP contribution in [0.25, 0.3) is 0 Å². The summed E-state index contributed by atoms with van der Waals surface area (Å²) >= 11 is 5.95. The van der Waals surface area contributed by atoms with Gasteiger partial charge in [0, 0.05) is 22.9 Å². The van der Waals surface area contributed by atoms with Gasteiger partial charge in [-0.25, -0.2) is 0 Å². The number of aromatic nitrogens is 2. The van der Waals surface area contributed by atoms with E-state index in [0.717, 1.165) is 35.9 Å². The Morgan fingerprint density at radius 1 is 1.32 bits per heavy atom. The smallest absolute Gasteiger partial charge is 0.0628 e. The maximum absolute atomic E-state index is 5.95. The Morgan fingerprint density at radius 3 is 2.74 bits per heavy atom. The topological polar surface area (TPSA) is 29.9 Å². The lowest BCUT2D eigenvalue weighted by Gasteiger charge is -2.08. The van der Waals surface area contributed by atoms with Crippen molar-refractivity contribution in [2.75, 3.05) is 11.9 Å². The van der Waals surface area contributed by atoms with E-state index in [1.807, 2.05) is 24.3 Å². The Morgan fingerprint density at radius 2 is 2.11 bits per heavy atom. The number of aryl methyl sites for hydroxylation is 1. The minimum atomic E-state index is 0.754. The summed E-state index contributed by atoms with van der Waals surface area (Å²) in [6.07, 6.45) is 1.04. The van der Waals surface area contributed by atoms with E-state index in [1.165, 1.54) is 11.3 Å². The molecule has 1 heterocycles. The monoisotopic (exact) mass is 277 g/mol. The molecule has 1 N–H and O–H groups in total. The van der Waals surface area contributed by atoms with Crippen molar-refractivity contribution in [3.05, 3.63) is 46.2 Å². The van der Waals surface area contributed by atoms with Crippen molar-refractivity contribution in [3.63, 3.8) is 0 Å². The van der Waals surface area contributed by atoms with E-state index in [2.05, 4.69) is 35.9 Å². The van der Waals surface area contributed by atoms with Crippen LogP contribution in [0.1, 0.15) is 23.9 Å². The highest BCUT2D eigenvalue weighted by atomic mass is 35.5. The first-order valence-electron chi connectivity index (χ1n) is 6.64. The van der Waals surface area contributed by atoms with Gasteiger partial charge in [-0.05, 0) is 44.0 Å². The second-order valence-corrected chi connectivity index (χ2v) is 5.10. The number of anilines is 1. The summed E-state index contributed by atoms with van der Waals surface area (Å²) in [7, 11) is 0. The van der Waals surface area contributed by atoms with E-state index in [9.17, 15) is 0 Å². The minimum absolute atomic E-state index is 0.754. The third-order valence-electron chi connectivity index (χ3n) is 3.36. The average Bonchev–Trinajstić information content (AvgIpc) is 2.64. The molecule has 0 amide bonds. The fourth-order valence-corrected chi connectivity index (χ4v) is 2.56. The summed E-state index contributed by atoms with van der Waals surface area (Å²) < 4.78 is 2.08. The number of rotatable bonds is 5. The number of nitrogens with one attached hydrogen (secondary N) is 1. The Labute approximate surface area is 119 Å². The van der Waals surface area contributed by atoms with Crippen molar-refractivity contribution in [2.45, 2.75) is 33.7 Å². The molecule has 0 aliphatic carbocycles. The first-order valence-corrected chi connectivity index (χ1v) is 7.02. The molecular weight excluding hydrogens is 258 g/mol. The molecule has 0 saturated heterocycles. The first kappa shape index (κ1) is 13.9. The molecule has 0 aliphatic rings. The molecule has 0 unspecified atom stereocenters. The molecule has 2 aromatic rings. The Kier molecular flexibility index (Phi) is 4.48. The first-order chi connectivity index (χ1) is 9.11. The normalized spacial score (nSPS) is 10.7. The average molecular weight is 278 g/mol. The fourth-order valence-electron chi connectivity index (χ4n) is 2.37. The highest BCUT2D eigenvalue weighted by Gasteiger charge is 2.08. The molecule has 0 saturated carbocycles. The van der Waals surface area contributed by atoms with E-state index in [1.54, 1.807) is 0 Å². The fraction of sp³-hybridized carbons (Fsp3) is 0.400. The molecule has 2 rings (SSSR count). The highest BCUT2D eigenvalue weighted by molar-refractivity contribution is 6.30. The van der Waals surface area contributed by atoms with Gasteiger partial charge in [-0.3, -0.25) is 4.68 Å². The van der Waals surface area contributed by atoms with Crippen LogP contribution in [0.4, 0.5) is 5.69 Å². The zero-order valence-electron chi connectivity index (χ0n) is 11.7. The Bertz CT molecular complexity index is 561. The lowest BCUT2D eigenvalue weighted by molar-refractivity contribution is 0.614. The van der Waals surface area contributed by atoms with Crippen LogP contribution in [-0.4, -0.2) is 16.3 Å². The summed E-state index contributed by atoms with van der Waals surface area (Å²) in [6, 6.07) is 7.77. The molecule has 1 aromatic carbocycles. The summed E-state index contributed by atoms with van der Waals surface area (Å²) in [6.45, 7) is 8.08. The van der Waals surface area contributed by atoms with Gasteiger partial charge in [-0.2, -0.15) is 5.10 Å². The summed E-state index contributed by atoms with van der Waals surface area (Å²) in [4.78, 5) is 0. The maximum Gasteiger partial charge on any atom is 0.0628 e. The predicted molar refractivity (Wildman–Crippen MR) is 81.0 cm³/mol. The molecule has 19 heavy (non-hydrogen) atoms. The molecule has 3 nitrogen and oxygen atoms in total. The third-order valence-corrected chi connectivity index (χ3v) is 3.60.